The largest absolute Gasteiger partial charge is 0.491 e. The summed E-state index contributed by atoms with van der Waals surface area (Å²) in [7, 11) is 0. The molecule has 6 nitrogen and oxygen atoms in total. The van der Waals surface area contributed by atoms with E-state index in [0.29, 0.717) is 12.8 Å². The van der Waals surface area contributed by atoms with Crippen molar-refractivity contribution in [3.05, 3.63) is 29.0 Å². The fraction of sp³-hybridized carbons (Fsp3) is 0.467. The molecule has 2 rings (SSSR count). The van der Waals surface area contributed by atoms with Gasteiger partial charge in [-0.15, -0.1) is 0 Å². The standard InChI is InChI=1S/C15H15ClF4N2O4/c16-10-2-1-9(7-11(10)17)25-12(22-5-3-8(21)4-6-22)13(23)26-14(24)15(18,19)20/h1-2,7-8,12H,3-6,21H2/t12-/m0/s1. The van der Waals surface area contributed by atoms with E-state index in [1.807, 2.05) is 0 Å². The molecule has 0 aromatic heterocycles. The molecule has 0 amide bonds. The zero-order valence-corrected chi connectivity index (χ0v) is 14.0. The van der Waals surface area contributed by atoms with Gasteiger partial charge >= 0.3 is 18.1 Å². The summed E-state index contributed by atoms with van der Waals surface area (Å²) >= 11 is 5.55. The van der Waals surface area contributed by atoms with Crippen LogP contribution in [0.25, 0.3) is 0 Å². The Balaban J connectivity index is 2.19. The lowest BCUT2D eigenvalue weighted by Crippen LogP contribution is -2.52. The summed E-state index contributed by atoms with van der Waals surface area (Å²) in [4.78, 5) is 24.4. The number of alkyl halides is 3. The molecule has 0 radical (unpaired) electrons. The number of piperidine rings is 1. The Morgan fingerprint density at radius 2 is 1.88 bits per heavy atom. The van der Waals surface area contributed by atoms with Crippen LogP contribution in [0.4, 0.5) is 17.6 Å². The fourth-order valence-electron chi connectivity index (χ4n) is 2.30. The summed E-state index contributed by atoms with van der Waals surface area (Å²) in [6.45, 7) is 0.439. The molecule has 0 aliphatic carbocycles. The first-order chi connectivity index (χ1) is 12.1. The monoisotopic (exact) mass is 398 g/mol. The number of likely N-dealkylation sites (tertiary alicyclic amines) is 1. The van der Waals surface area contributed by atoms with E-state index in [9.17, 15) is 27.2 Å². The molecule has 1 heterocycles. The number of benzene rings is 1. The van der Waals surface area contributed by atoms with Gasteiger partial charge in [0.15, 0.2) is 0 Å². The summed E-state index contributed by atoms with van der Waals surface area (Å²) in [6.07, 6.45) is -6.10. The van der Waals surface area contributed by atoms with Gasteiger partial charge in [0.05, 0.1) is 5.02 Å². The minimum atomic E-state index is -5.34. The second kappa shape index (κ2) is 8.19. The fourth-order valence-corrected chi connectivity index (χ4v) is 2.42. The number of halogens is 5. The van der Waals surface area contributed by atoms with E-state index in [2.05, 4.69) is 4.74 Å². The van der Waals surface area contributed by atoms with Gasteiger partial charge in [0.2, 0.25) is 0 Å². The number of ether oxygens (including phenoxy) is 2. The van der Waals surface area contributed by atoms with Gasteiger partial charge in [-0.1, -0.05) is 11.6 Å². The molecule has 26 heavy (non-hydrogen) atoms. The predicted molar refractivity (Wildman–Crippen MR) is 81.8 cm³/mol. The van der Waals surface area contributed by atoms with E-state index in [1.165, 1.54) is 11.0 Å². The van der Waals surface area contributed by atoms with Crippen LogP contribution in [0.15, 0.2) is 18.2 Å². The van der Waals surface area contributed by atoms with Crippen molar-refractivity contribution in [3.63, 3.8) is 0 Å². The molecule has 1 fully saturated rings. The van der Waals surface area contributed by atoms with Crippen LogP contribution < -0.4 is 10.5 Å². The summed E-state index contributed by atoms with van der Waals surface area (Å²) < 4.78 is 59.7. The molecule has 1 aromatic carbocycles. The molecule has 0 unspecified atom stereocenters. The third-order valence-electron chi connectivity index (χ3n) is 3.67. The van der Waals surface area contributed by atoms with Crippen LogP contribution in [0.5, 0.6) is 5.75 Å². The zero-order chi connectivity index (χ0) is 19.5. The van der Waals surface area contributed by atoms with Crippen molar-refractivity contribution in [2.75, 3.05) is 13.1 Å². The number of hydrogen-bond donors (Lipinski definition) is 1. The van der Waals surface area contributed by atoms with Gasteiger partial charge in [-0.2, -0.15) is 13.2 Å². The first kappa shape index (κ1) is 20.4. The molecule has 1 saturated heterocycles. The molecule has 11 heteroatoms. The maximum absolute atomic E-state index is 13.5. The molecule has 0 bridgehead atoms. The highest BCUT2D eigenvalue weighted by Gasteiger charge is 2.44. The molecule has 144 valence electrons. The van der Waals surface area contributed by atoms with Crippen LogP contribution in [-0.4, -0.2) is 48.4 Å². The number of rotatable bonds is 4. The lowest BCUT2D eigenvalue weighted by atomic mass is 10.1. The number of carbonyl (C=O) groups is 2. The molecule has 0 spiro atoms. The first-order valence-corrected chi connectivity index (χ1v) is 7.90. The van der Waals surface area contributed by atoms with Crippen molar-refractivity contribution >= 4 is 23.5 Å². The van der Waals surface area contributed by atoms with Crippen LogP contribution >= 0.6 is 11.6 Å². The quantitative estimate of drug-likeness (QED) is 0.476. The minimum absolute atomic E-state index is 0.132. The highest BCUT2D eigenvalue weighted by atomic mass is 35.5. The SMILES string of the molecule is NC1CCN([C@@H](Oc2ccc(Cl)c(F)c2)C(=O)OC(=O)C(F)(F)F)CC1. The van der Waals surface area contributed by atoms with Crippen molar-refractivity contribution in [3.8, 4) is 5.75 Å². The molecular formula is C15H15ClF4N2O4. The zero-order valence-electron chi connectivity index (χ0n) is 13.3. The molecule has 1 aromatic rings. The van der Waals surface area contributed by atoms with Crippen LogP contribution in [-0.2, 0) is 14.3 Å². The predicted octanol–water partition coefficient (Wildman–Crippen LogP) is 2.24. The van der Waals surface area contributed by atoms with Crippen LogP contribution in [0.2, 0.25) is 5.02 Å². The van der Waals surface area contributed by atoms with E-state index in [1.54, 1.807) is 0 Å². The highest BCUT2D eigenvalue weighted by Crippen LogP contribution is 2.24. The average molecular weight is 399 g/mol. The Labute approximate surface area is 150 Å². The van der Waals surface area contributed by atoms with Crippen LogP contribution in [0.3, 0.4) is 0 Å². The number of esters is 2. The van der Waals surface area contributed by atoms with Gasteiger partial charge in [0.25, 0.3) is 6.23 Å². The van der Waals surface area contributed by atoms with Gasteiger partial charge in [-0.3, -0.25) is 4.90 Å². The molecule has 1 atom stereocenters. The number of hydrogen-bond acceptors (Lipinski definition) is 6. The summed E-state index contributed by atoms with van der Waals surface area (Å²) in [5, 5.41) is -0.201. The smallest absolute Gasteiger partial charge is 0.464 e. The number of nitrogens with zero attached hydrogens (tertiary/aromatic N) is 1. The molecule has 1 aliphatic rings. The summed E-state index contributed by atoms with van der Waals surface area (Å²) in [6, 6.07) is 3.12. The van der Waals surface area contributed by atoms with Crippen LogP contribution in [0.1, 0.15) is 12.8 Å². The van der Waals surface area contributed by atoms with Crippen molar-refractivity contribution in [2.45, 2.75) is 31.3 Å². The van der Waals surface area contributed by atoms with Gasteiger partial charge in [-0.05, 0) is 25.0 Å². The topological polar surface area (TPSA) is 81.9 Å². The van der Waals surface area contributed by atoms with Gasteiger partial charge in [0, 0.05) is 25.2 Å². The third kappa shape index (κ3) is 5.29. The van der Waals surface area contributed by atoms with Gasteiger partial charge in [-0.25, -0.2) is 14.0 Å². The van der Waals surface area contributed by atoms with Crippen molar-refractivity contribution < 1.29 is 36.6 Å². The number of carbonyl (C=O) groups excluding carboxylic acids is 2. The first-order valence-electron chi connectivity index (χ1n) is 7.52. The lowest BCUT2D eigenvalue weighted by molar-refractivity contribution is -0.206. The lowest BCUT2D eigenvalue weighted by Gasteiger charge is -2.34. The summed E-state index contributed by atoms with van der Waals surface area (Å²) in [5.41, 5.74) is 5.75. The van der Waals surface area contributed by atoms with E-state index >= 15 is 0 Å². The minimum Gasteiger partial charge on any atom is -0.464 e. The second-order valence-corrected chi connectivity index (χ2v) is 6.03. The van der Waals surface area contributed by atoms with E-state index < -0.39 is 30.2 Å². The van der Waals surface area contributed by atoms with Crippen LogP contribution in [0, 0.1) is 5.82 Å². The normalized spacial score (nSPS) is 17.6. The van der Waals surface area contributed by atoms with E-state index in [0.717, 1.165) is 12.1 Å². The number of nitrogens with two attached hydrogens (primary N) is 1. The maximum atomic E-state index is 13.5. The second-order valence-electron chi connectivity index (χ2n) is 5.63. The Morgan fingerprint density at radius 1 is 1.27 bits per heavy atom. The van der Waals surface area contributed by atoms with E-state index in [4.69, 9.17) is 22.1 Å². The van der Waals surface area contributed by atoms with Crippen molar-refractivity contribution in [1.82, 2.24) is 4.90 Å². The molecule has 0 saturated carbocycles. The Bertz CT molecular complexity index is 678. The van der Waals surface area contributed by atoms with E-state index in [-0.39, 0.29) is 29.9 Å². The molecular weight excluding hydrogens is 384 g/mol. The molecule has 2 N–H and O–H groups in total. The third-order valence-corrected chi connectivity index (χ3v) is 3.98. The Morgan fingerprint density at radius 3 is 2.42 bits per heavy atom. The van der Waals surface area contributed by atoms with Gasteiger partial charge in [0.1, 0.15) is 11.6 Å². The van der Waals surface area contributed by atoms with Crippen molar-refractivity contribution in [2.24, 2.45) is 5.73 Å². The molecule has 1 aliphatic heterocycles. The van der Waals surface area contributed by atoms with Gasteiger partial charge < -0.3 is 15.2 Å². The van der Waals surface area contributed by atoms with Crippen molar-refractivity contribution in [1.29, 1.82) is 0 Å². The Kier molecular flexibility index (Phi) is 6.43. The highest BCUT2D eigenvalue weighted by molar-refractivity contribution is 6.30. The average Bonchev–Trinajstić information content (AvgIpc) is 2.56. The maximum Gasteiger partial charge on any atom is 0.491 e. The summed E-state index contributed by atoms with van der Waals surface area (Å²) in [5.74, 6) is -5.23. The Hall–Kier alpha value is -1.91.